The molecule has 1 aliphatic heterocycles. The van der Waals surface area contributed by atoms with Gasteiger partial charge in [-0.2, -0.15) is 18.3 Å². The minimum Gasteiger partial charge on any atom is -0.478 e. The highest BCUT2D eigenvalue weighted by molar-refractivity contribution is 6.10. The van der Waals surface area contributed by atoms with Gasteiger partial charge in [-0.1, -0.05) is 0 Å². The lowest BCUT2D eigenvalue weighted by Crippen LogP contribution is -2.24. The highest BCUT2D eigenvalue weighted by Crippen LogP contribution is 2.35. The Kier molecular flexibility index (Phi) is 5.74. The molecule has 3 aromatic rings. The zero-order valence-electron chi connectivity index (χ0n) is 19.4. The van der Waals surface area contributed by atoms with Crippen molar-refractivity contribution < 1.29 is 27.4 Å². The lowest BCUT2D eigenvalue weighted by atomic mass is 10.0. The first kappa shape index (κ1) is 23.5. The summed E-state index contributed by atoms with van der Waals surface area (Å²) in [6.07, 6.45) is 0.393. The fraction of sp³-hybridized carbons (Fsp3) is 0.391. The molecule has 0 spiro atoms. The molecular weight excluding hydrogens is 451 g/mol. The largest absolute Gasteiger partial charge is 0.478 e. The van der Waals surface area contributed by atoms with E-state index in [0.29, 0.717) is 33.8 Å². The van der Waals surface area contributed by atoms with Gasteiger partial charge in [-0.25, -0.2) is 4.98 Å². The van der Waals surface area contributed by atoms with Crippen LogP contribution in [-0.2, 0) is 12.1 Å². The molecule has 1 amide bonds. The van der Waals surface area contributed by atoms with Gasteiger partial charge in [0.25, 0.3) is 11.8 Å². The van der Waals surface area contributed by atoms with Crippen LogP contribution in [0.15, 0.2) is 30.7 Å². The smallest absolute Gasteiger partial charge is 0.422 e. The van der Waals surface area contributed by atoms with Gasteiger partial charge in [-0.05, 0) is 45.4 Å². The second-order valence-electron chi connectivity index (χ2n) is 8.99. The number of nitrogens with zero attached hydrogens (tertiary/aromatic N) is 5. The summed E-state index contributed by atoms with van der Waals surface area (Å²) in [5.74, 6) is -0.394. The molecule has 1 aliphatic rings. The van der Waals surface area contributed by atoms with Crippen LogP contribution in [0.1, 0.15) is 42.4 Å². The number of aryl methyl sites for hydroxylation is 1. The number of methoxy groups -OCH3 is 1. The van der Waals surface area contributed by atoms with E-state index in [9.17, 15) is 18.0 Å². The fourth-order valence-corrected chi connectivity index (χ4v) is 3.67. The predicted molar refractivity (Wildman–Crippen MR) is 118 cm³/mol. The van der Waals surface area contributed by atoms with E-state index in [-0.39, 0.29) is 29.6 Å². The van der Waals surface area contributed by atoms with Crippen molar-refractivity contribution in [2.24, 2.45) is 0 Å². The summed E-state index contributed by atoms with van der Waals surface area (Å²) < 4.78 is 49.6. The van der Waals surface area contributed by atoms with Crippen molar-refractivity contribution in [2.45, 2.75) is 46.0 Å². The number of amides is 1. The molecule has 0 N–H and O–H groups in total. The summed E-state index contributed by atoms with van der Waals surface area (Å²) in [6, 6.07) is 3.10. The molecule has 8 nitrogen and oxygen atoms in total. The highest BCUT2D eigenvalue weighted by Gasteiger charge is 2.33. The number of halogens is 3. The Balaban J connectivity index is 1.66. The Morgan fingerprint density at radius 3 is 2.50 bits per heavy atom. The molecule has 0 fully saturated rings. The maximum Gasteiger partial charge on any atom is 0.422 e. The first-order chi connectivity index (χ1) is 15.9. The number of rotatable bonds is 5. The van der Waals surface area contributed by atoms with Crippen molar-refractivity contribution in [1.29, 1.82) is 0 Å². The third-order valence-corrected chi connectivity index (χ3v) is 5.33. The van der Waals surface area contributed by atoms with Crippen molar-refractivity contribution >= 4 is 11.6 Å². The highest BCUT2D eigenvalue weighted by atomic mass is 19.4. The second kappa shape index (κ2) is 8.30. The van der Waals surface area contributed by atoms with Gasteiger partial charge < -0.3 is 9.47 Å². The van der Waals surface area contributed by atoms with Crippen molar-refractivity contribution in [3.8, 4) is 22.9 Å². The third-order valence-electron chi connectivity index (χ3n) is 5.33. The number of aromatic nitrogens is 4. The Hall–Kier alpha value is -3.63. The summed E-state index contributed by atoms with van der Waals surface area (Å²) >= 11 is 0. The van der Waals surface area contributed by atoms with Crippen molar-refractivity contribution in [3.05, 3.63) is 47.5 Å². The number of alkyl halides is 3. The topological polar surface area (TPSA) is 82.4 Å². The first-order valence-corrected chi connectivity index (χ1v) is 10.5. The quantitative estimate of drug-likeness (QED) is 0.540. The molecule has 180 valence electrons. The number of hydrogen-bond acceptors (Lipinski definition) is 6. The molecule has 0 bridgehead atoms. The van der Waals surface area contributed by atoms with Crippen molar-refractivity contribution in [3.63, 3.8) is 0 Å². The maximum atomic E-state index is 13.1. The van der Waals surface area contributed by atoms with Crippen LogP contribution in [-0.4, -0.2) is 45.5 Å². The molecule has 0 saturated heterocycles. The van der Waals surface area contributed by atoms with E-state index in [0.717, 1.165) is 0 Å². The minimum atomic E-state index is -4.51. The standard InChI is InChI=1S/C23H24F3N5O3/c1-13-6-16(14-7-18(20(33-5)27-8-14)34-12-23(24,25)26)29-17-11-30(21(32)19(13)17)15-9-28-31(10-15)22(2,3)4/h6-10H,11-12H2,1-5H3. The Morgan fingerprint density at radius 2 is 1.88 bits per heavy atom. The van der Waals surface area contributed by atoms with E-state index in [1.165, 1.54) is 19.4 Å². The predicted octanol–water partition coefficient (Wildman–Crippen LogP) is 4.51. The zero-order valence-corrected chi connectivity index (χ0v) is 19.4. The molecular formula is C23H24F3N5O3. The van der Waals surface area contributed by atoms with Gasteiger partial charge in [0, 0.05) is 18.0 Å². The van der Waals surface area contributed by atoms with E-state index in [1.807, 2.05) is 27.0 Å². The Morgan fingerprint density at radius 1 is 1.15 bits per heavy atom. The second-order valence-corrected chi connectivity index (χ2v) is 8.99. The fourth-order valence-electron chi connectivity index (χ4n) is 3.67. The number of ether oxygens (including phenoxy) is 2. The lowest BCUT2D eigenvalue weighted by molar-refractivity contribution is -0.153. The van der Waals surface area contributed by atoms with E-state index in [2.05, 4.69) is 15.1 Å². The number of pyridine rings is 2. The van der Waals surface area contributed by atoms with Crippen LogP contribution in [0.2, 0.25) is 0 Å². The lowest BCUT2D eigenvalue weighted by Gasteiger charge is -2.19. The molecule has 11 heteroatoms. The summed E-state index contributed by atoms with van der Waals surface area (Å²) in [5.41, 5.74) is 3.10. The minimum absolute atomic E-state index is 0.0666. The average molecular weight is 475 g/mol. The van der Waals surface area contributed by atoms with Crippen molar-refractivity contribution in [2.75, 3.05) is 18.6 Å². The molecule has 0 saturated carbocycles. The van der Waals surface area contributed by atoms with Crippen LogP contribution in [0.4, 0.5) is 18.9 Å². The van der Waals surface area contributed by atoms with Gasteiger partial charge in [0.15, 0.2) is 12.4 Å². The molecule has 0 unspecified atom stereocenters. The van der Waals surface area contributed by atoms with E-state index >= 15 is 0 Å². The Bertz CT molecular complexity index is 1250. The first-order valence-electron chi connectivity index (χ1n) is 10.5. The van der Waals surface area contributed by atoms with Crippen LogP contribution >= 0.6 is 0 Å². The SMILES string of the molecule is COc1ncc(-c2cc(C)c3c(n2)CN(c2cnn(C(C)(C)C)c2)C3=O)cc1OCC(F)(F)F. The Labute approximate surface area is 194 Å². The third kappa shape index (κ3) is 4.55. The van der Waals surface area contributed by atoms with Gasteiger partial charge in [0.1, 0.15) is 0 Å². The monoisotopic (exact) mass is 475 g/mol. The molecule has 4 heterocycles. The normalized spacial score (nSPS) is 13.9. The number of fused-ring (bicyclic) bond motifs is 1. The van der Waals surface area contributed by atoms with E-state index < -0.39 is 12.8 Å². The number of hydrogen-bond donors (Lipinski definition) is 0. The van der Waals surface area contributed by atoms with E-state index in [1.54, 1.807) is 28.8 Å². The number of carbonyl (C=O) groups is 1. The van der Waals surface area contributed by atoms with Gasteiger partial charge in [0.05, 0.1) is 48.0 Å². The maximum absolute atomic E-state index is 13.1. The molecule has 34 heavy (non-hydrogen) atoms. The summed E-state index contributed by atoms with van der Waals surface area (Å²) in [4.78, 5) is 23.4. The van der Waals surface area contributed by atoms with E-state index in [4.69, 9.17) is 9.47 Å². The van der Waals surface area contributed by atoms with Crippen LogP contribution in [0.5, 0.6) is 11.6 Å². The number of carbonyl (C=O) groups excluding carboxylic acids is 1. The van der Waals surface area contributed by atoms with Gasteiger partial charge in [-0.3, -0.25) is 19.4 Å². The number of anilines is 1. The van der Waals surface area contributed by atoms with Crippen molar-refractivity contribution in [1.82, 2.24) is 19.7 Å². The van der Waals surface area contributed by atoms with Gasteiger partial charge in [0.2, 0.25) is 0 Å². The van der Waals surface area contributed by atoms with Gasteiger partial charge >= 0.3 is 6.18 Å². The zero-order chi connectivity index (χ0) is 24.8. The van der Waals surface area contributed by atoms with Crippen LogP contribution < -0.4 is 14.4 Å². The summed E-state index contributed by atoms with van der Waals surface area (Å²) in [6.45, 7) is 6.60. The molecule has 0 aromatic carbocycles. The van der Waals surface area contributed by atoms with Crippen LogP contribution in [0, 0.1) is 6.92 Å². The summed E-state index contributed by atoms with van der Waals surface area (Å²) in [5, 5.41) is 4.37. The van der Waals surface area contributed by atoms with Gasteiger partial charge in [-0.15, -0.1) is 0 Å². The molecule has 0 aliphatic carbocycles. The van der Waals surface area contributed by atoms with Crippen LogP contribution in [0.25, 0.3) is 11.3 Å². The molecule has 3 aromatic heterocycles. The molecule has 4 rings (SSSR count). The van der Waals surface area contributed by atoms with Crippen LogP contribution in [0.3, 0.4) is 0 Å². The molecule has 0 radical (unpaired) electrons. The summed E-state index contributed by atoms with van der Waals surface area (Å²) in [7, 11) is 1.29. The average Bonchev–Trinajstić information content (AvgIpc) is 3.36. The molecule has 0 atom stereocenters.